The summed E-state index contributed by atoms with van der Waals surface area (Å²) in [6, 6.07) is 2.43. The van der Waals surface area contributed by atoms with E-state index in [1.807, 2.05) is 0 Å². The molecule has 0 spiro atoms. The average molecular weight is 212 g/mol. The van der Waals surface area contributed by atoms with E-state index in [4.69, 9.17) is 5.26 Å². The van der Waals surface area contributed by atoms with Crippen LogP contribution in [-0.2, 0) is 4.79 Å². The van der Waals surface area contributed by atoms with Gasteiger partial charge < -0.3 is 5.32 Å². The lowest BCUT2D eigenvalue weighted by atomic mass is 9.78. The Bertz CT molecular complexity index is 241. The van der Waals surface area contributed by atoms with Crippen LogP contribution in [0.5, 0.6) is 0 Å². The summed E-state index contributed by atoms with van der Waals surface area (Å²) < 4.78 is 0. The van der Waals surface area contributed by atoms with Gasteiger partial charge in [0.15, 0.2) is 5.12 Å². The Morgan fingerprint density at radius 1 is 1.57 bits per heavy atom. The lowest BCUT2D eigenvalue weighted by molar-refractivity contribution is -0.109. The van der Waals surface area contributed by atoms with Crippen molar-refractivity contribution in [1.82, 2.24) is 5.32 Å². The fourth-order valence-corrected chi connectivity index (χ4v) is 2.49. The molecule has 0 aromatic rings. The van der Waals surface area contributed by atoms with E-state index in [0.717, 1.165) is 38.1 Å². The molecule has 14 heavy (non-hydrogen) atoms. The van der Waals surface area contributed by atoms with Crippen molar-refractivity contribution in [1.29, 1.82) is 5.26 Å². The molecule has 1 aliphatic rings. The topological polar surface area (TPSA) is 52.9 Å². The predicted molar refractivity (Wildman–Crippen MR) is 57.9 cm³/mol. The molecule has 0 unspecified atom stereocenters. The van der Waals surface area contributed by atoms with Crippen LogP contribution in [0.1, 0.15) is 26.2 Å². The van der Waals surface area contributed by atoms with Crippen molar-refractivity contribution in [2.75, 3.05) is 18.8 Å². The predicted octanol–water partition coefficient (Wildman–Crippen LogP) is 1.55. The number of rotatable bonds is 3. The third kappa shape index (κ3) is 3.32. The first-order valence-corrected chi connectivity index (χ1v) is 5.92. The first-order valence-electron chi connectivity index (χ1n) is 4.94. The van der Waals surface area contributed by atoms with Gasteiger partial charge in [-0.05, 0) is 32.4 Å². The monoisotopic (exact) mass is 212 g/mol. The van der Waals surface area contributed by atoms with Gasteiger partial charge in [0.2, 0.25) is 0 Å². The van der Waals surface area contributed by atoms with Crippen LogP contribution in [0, 0.1) is 16.7 Å². The largest absolute Gasteiger partial charge is 0.317 e. The van der Waals surface area contributed by atoms with Crippen molar-refractivity contribution in [2.24, 2.45) is 5.41 Å². The number of carbonyl (C=O) groups is 1. The van der Waals surface area contributed by atoms with Crippen LogP contribution in [0.2, 0.25) is 0 Å². The highest BCUT2D eigenvalue weighted by Crippen LogP contribution is 2.33. The summed E-state index contributed by atoms with van der Waals surface area (Å²) in [5.74, 6) is 0.781. The molecule has 0 bridgehead atoms. The Morgan fingerprint density at radius 2 is 2.21 bits per heavy atom. The summed E-state index contributed by atoms with van der Waals surface area (Å²) >= 11 is 1.33. The fraction of sp³-hybridized carbons (Fsp3) is 0.800. The van der Waals surface area contributed by atoms with Crippen molar-refractivity contribution >= 4 is 16.9 Å². The van der Waals surface area contributed by atoms with Crippen LogP contribution in [0.25, 0.3) is 0 Å². The van der Waals surface area contributed by atoms with Crippen molar-refractivity contribution in [3.05, 3.63) is 0 Å². The van der Waals surface area contributed by atoms with Gasteiger partial charge in [0.25, 0.3) is 0 Å². The molecule has 3 nitrogen and oxygen atoms in total. The summed E-state index contributed by atoms with van der Waals surface area (Å²) in [7, 11) is 0. The summed E-state index contributed by atoms with van der Waals surface area (Å²) in [5, 5.41) is 12.5. The van der Waals surface area contributed by atoms with E-state index < -0.39 is 0 Å². The highest BCUT2D eigenvalue weighted by atomic mass is 32.2. The number of piperidine rings is 1. The number of hydrogen-bond acceptors (Lipinski definition) is 4. The second-order valence-corrected chi connectivity index (χ2v) is 5.00. The molecule has 78 valence electrons. The SMILES string of the molecule is CC(=O)SCCC1(C#N)CCNCC1. The highest BCUT2D eigenvalue weighted by Gasteiger charge is 2.31. The van der Waals surface area contributed by atoms with Crippen LogP contribution in [-0.4, -0.2) is 24.0 Å². The molecule has 0 aromatic carbocycles. The molecule has 0 radical (unpaired) electrons. The zero-order chi connectivity index (χ0) is 10.4. The van der Waals surface area contributed by atoms with Gasteiger partial charge in [-0.2, -0.15) is 5.26 Å². The Labute approximate surface area is 89.2 Å². The molecule has 4 heteroatoms. The van der Waals surface area contributed by atoms with Crippen molar-refractivity contribution in [3.63, 3.8) is 0 Å². The first-order chi connectivity index (χ1) is 6.68. The average Bonchev–Trinajstić information content (AvgIpc) is 2.19. The number of carbonyl (C=O) groups excluding carboxylic acids is 1. The van der Waals surface area contributed by atoms with Crippen LogP contribution in [0.4, 0.5) is 0 Å². The first kappa shape index (κ1) is 11.5. The van der Waals surface area contributed by atoms with Gasteiger partial charge in [0.1, 0.15) is 0 Å². The van der Waals surface area contributed by atoms with E-state index >= 15 is 0 Å². The summed E-state index contributed by atoms with van der Waals surface area (Å²) in [6.07, 6.45) is 2.68. The van der Waals surface area contributed by atoms with E-state index in [0.29, 0.717) is 0 Å². The number of nitriles is 1. The molecule has 0 amide bonds. The quantitative estimate of drug-likeness (QED) is 0.771. The molecule has 0 aliphatic carbocycles. The molecule has 1 aliphatic heterocycles. The van der Waals surface area contributed by atoms with Gasteiger partial charge in [-0.3, -0.25) is 4.79 Å². The van der Waals surface area contributed by atoms with E-state index in [1.54, 1.807) is 6.92 Å². The van der Waals surface area contributed by atoms with Crippen molar-refractivity contribution in [2.45, 2.75) is 26.2 Å². The smallest absolute Gasteiger partial charge is 0.185 e. The zero-order valence-electron chi connectivity index (χ0n) is 8.51. The number of hydrogen-bond donors (Lipinski definition) is 1. The minimum absolute atomic E-state index is 0.145. The Hall–Kier alpha value is -0.530. The number of nitrogens with one attached hydrogen (secondary N) is 1. The van der Waals surface area contributed by atoms with Gasteiger partial charge in [-0.25, -0.2) is 0 Å². The van der Waals surface area contributed by atoms with E-state index in [2.05, 4.69) is 11.4 Å². The molecule has 1 heterocycles. The molecular weight excluding hydrogens is 196 g/mol. The lowest BCUT2D eigenvalue weighted by Crippen LogP contribution is -2.36. The summed E-state index contributed by atoms with van der Waals surface area (Å²) in [6.45, 7) is 3.43. The maximum Gasteiger partial charge on any atom is 0.185 e. The van der Waals surface area contributed by atoms with Crippen LogP contribution in [0.15, 0.2) is 0 Å². The Kier molecular flexibility index (Phi) is 4.43. The second-order valence-electron chi connectivity index (χ2n) is 3.73. The van der Waals surface area contributed by atoms with Gasteiger partial charge in [0.05, 0.1) is 11.5 Å². The third-order valence-electron chi connectivity index (χ3n) is 2.68. The minimum Gasteiger partial charge on any atom is -0.317 e. The molecule has 0 atom stereocenters. The standard InChI is InChI=1S/C10H16N2OS/c1-9(13)14-7-4-10(8-11)2-5-12-6-3-10/h12H,2-7H2,1H3. The Balaban J connectivity index is 2.37. The second kappa shape index (κ2) is 5.38. The van der Waals surface area contributed by atoms with E-state index in [9.17, 15) is 4.79 Å². The Morgan fingerprint density at radius 3 is 2.71 bits per heavy atom. The van der Waals surface area contributed by atoms with E-state index in [-0.39, 0.29) is 10.5 Å². The molecule has 0 aromatic heterocycles. The molecule has 0 saturated carbocycles. The maximum absolute atomic E-state index is 10.7. The van der Waals surface area contributed by atoms with Crippen LogP contribution < -0.4 is 5.32 Å². The fourth-order valence-electron chi connectivity index (χ4n) is 1.71. The maximum atomic E-state index is 10.7. The van der Waals surface area contributed by atoms with Gasteiger partial charge >= 0.3 is 0 Å². The number of thioether (sulfide) groups is 1. The molecule has 1 saturated heterocycles. The molecule has 1 rings (SSSR count). The normalized spacial score (nSPS) is 20.0. The van der Waals surface area contributed by atoms with Crippen molar-refractivity contribution in [3.8, 4) is 6.07 Å². The lowest BCUT2D eigenvalue weighted by Gasteiger charge is -2.30. The van der Waals surface area contributed by atoms with Gasteiger partial charge in [-0.1, -0.05) is 11.8 Å². The van der Waals surface area contributed by atoms with Crippen LogP contribution >= 0.6 is 11.8 Å². The highest BCUT2D eigenvalue weighted by molar-refractivity contribution is 8.13. The molecule has 1 fully saturated rings. The van der Waals surface area contributed by atoms with Gasteiger partial charge in [-0.15, -0.1) is 0 Å². The van der Waals surface area contributed by atoms with E-state index in [1.165, 1.54) is 11.8 Å². The number of nitrogens with zero attached hydrogens (tertiary/aromatic N) is 1. The summed E-state index contributed by atoms with van der Waals surface area (Å²) in [4.78, 5) is 10.7. The van der Waals surface area contributed by atoms with Crippen LogP contribution in [0.3, 0.4) is 0 Å². The summed E-state index contributed by atoms with van der Waals surface area (Å²) in [5.41, 5.74) is -0.173. The molecular formula is C10H16N2OS. The van der Waals surface area contributed by atoms with Gasteiger partial charge in [0, 0.05) is 12.7 Å². The zero-order valence-corrected chi connectivity index (χ0v) is 9.32. The molecule has 1 N–H and O–H groups in total. The third-order valence-corrected chi connectivity index (χ3v) is 3.50. The minimum atomic E-state index is -0.173. The van der Waals surface area contributed by atoms with Crippen molar-refractivity contribution < 1.29 is 4.79 Å².